The van der Waals surface area contributed by atoms with Crippen LogP contribution >= 0.6 is 11.8 Å². The number of aliphatic hydroxyl groups excluding tert-OH is 1. The summed E-state index contributed by atoms with van der Waals surface area (Å²) in [6.07, 6.45) is 9.38. The highest BCUT2D eigenvalue weighted by Crippen LogP contribution is 2.68. The molecule has 2 aliphatic heterocycles. The van der Waals surface area contributed by atoms with Gasteiger partial charge >= 0.3 is 5.97 Å². The number of esters is 1. The Bertz CT molecular complexity index is 1020. The maximum Gasteiger partial charge on any atom is 0.316 e. The number of hydrogen-bond acceptors (Lipinski definition) is 7. The molecule has 2 bridgehead atoms. The van der Waals surface area contributed by atoms with Crippen LogP contribution in [0.4, 0.5) is 0 Å². The van der Waals surface area contributed by atoms with E-state index in [0.717, 1.165) is 71.0 Å². The number of ether oxygens (including phenoxy) is 1. The van der Waals surface area contributed by atoms with Crippen LogP contribution in [-0.4, -0.2) is 76.6 Å². The predicted molar refractivity (Wildman–Crippen MR) is 162 cm³/mol. The Morgan fingerprint density at radius 1 is 1.15 bits per heavy atom. The molecule has 9 atom stereocenters. The summed E-state index contributed by atoms with van der Waals surface area (Å²) in [5.41, 5.74) is -1.36. The molecule has 2 saturated heterocycles. The minimum absolute atomic E-state index is 0.0346. The monoisotopic (exact) mass is 588 g/mol. The van der Waals surface area contributed by atoms with Crippen LogP contribution in [0.3, 0.4) is 0 Å². The van der Waals surface area contributed by atoms with Gasteiger partial charge in [0.15, 0.2) is 0 Å². The molecule has 5 fully saturated rings. The molecule has 8 heteroatoms. The molecular weight excluding hydrogens is 536 g/mol. The van der Waals surface area contributed by atoms with E-state index in [0.29, 0.717) is 18.1 Å². The van der Waals surface area contributed by atoms with Crippen molar-refractivity contribution in [3.8, 4) is 0 Å². The molecule has 1 amide bonds. The van der Waals surface area contributed by atoms with E-state index >= 15 is 0 Å². The first-order chi connectivity index (χ1) is 19.5. The summed E-state index contributed by atoms with van der Waals surface area (Å²) in [7, 11) is 0. The van der Waals surface area contributed by atoms with Gasteiger partial charge < -0.3 is 20.1 Å². The van der Waals surface area contributed by atoms with E-state index in [1.807, 2.05) is 17.9 Å². The summed E-state index contributed by atoms with van der Waals surface area (Å²) in [6, 6.07) is -0.0384. The van der Waals surface area contributed by atoms with Crippen LogP contribution < -0.4 is 5.32 Å². The van der Waals surface area contributed by atoms with Crippen LogP contribution in [0.15, 0.2) is 12.7 Å². The van der Waals surface area contributed by atoms with Gasteiger partial charge in [-0.2, -0.15) is 0 Å². The number of thioether (sulfide) groups is 1. The van der Waals surface area contributed by atoms with E-state index in [-0.39, 0.29) is 52.6 Å². The lowest BCUT2D eigenvalue weighted by atomic mass is 9.44. The van der Waals surface area contributed by atoms with Crippen LogP contribution in [0.5, 0.6) is 0 Å². The van der Waals surface area contributed by atoms with Crippen molar-refractivity contribution in [1.82, 2.24) is 10.2 Å². The summed E-state index contributed by atoms with van der Waals surface area (Å²) in [6.45, 7) is 15.1. The van der Waals surface area contributed by atoms with Crippen molar-refractivity contribution >= 4 is 29.4 Å². The number of hydrogen-bond donors (Lipinski definition) is 2. The number of likely N-dealkylation sites (tertiary alicyclic amines) is 1. The topological polar surface area (TPSA) is 95.9 Å². The number of Topliss-reactive ketones (excluding diaryl/α,β-unsaturated/α-hetero) is 1. The minimum atomic E-state index is -0.654. The Kier molecular flexibility index (Phi) is 9.05. The van der Waals surface area contributed by atoms with Crippen LogP contribution in [0.1, 0.15) is 91.9 Å². The molecule has 5 aliphatic rings. The van der Waals surface area contributed by atoms with E-state index in [9.17, 15) is 19.5 Å². The molecule has 7 nitrogen and oxygen atoms in total. The molecule has 5 rings (SSSR count). The van der Waals surface area contributed by atoms with E-state index in [4.69, 9.17) is 4.74 Å². The lowest BCUT2D eigenvalue weighted by Gasteiger charge is -2.61. The summed E-state index contributed by atoms with van der Waals surface area (Å²) in [5.74, 6) is 0.513. The molecule has 0 aromatic carbocycles. The Balaban J connectivity index is 1.26. The number of nitrogens with zero attached hydrogens (tertiary/aromatic N) is 1. The van der Waals surface area contributed by atoms with Crippen molar-refractivity contribution in [3.63, 3.8) is 0 Å². The van der Waals surface area contributed by atoms with Crippen LogP contribution in [-0.2, 0) is 19.1 Å². The van der Waals surface area contributed by atoms with Gasteiger partial charge in [0.1, 0.15) is 11.9 Å². The number of aliphatic hydroxyl groups is 1. The fourth-order valence-corrected chi connectivity index (χ4v) is 10.4. The Hall–Kier alpha value is -1.38. The lowest BCUT2D eigenvalue weighted by molar-refractivity contribution is -0.205. The SMILES string of the molecule is C=C[C@]1(C)C[C@@H](OC(=O)CSC2CCN(C(=O)C3CCCCN3)CC2)[C@]2(C)C(C)CCC3(CCC(=O)C32)[C@@H](C)C1O. The Labute approximate surface area is 251 Å². The molecule has 0 aromatic rings. The van der Waals surface area contributed by atoms with Gasteiger partial charge in [-0.15, -0.1) is 18.3 Å². The van der Waals surface area contributed by atoms with Gasteiger partial charge in [-0.1, -0.05) is 40.2 Å². The molecule has 0 aromatic heterocycles. The maximum atomic E-state index is 13.6. The third-order valence-corrected chi connectivity index (χ3v) is 13.7. The van der Waals surface area contributed by atoms with Crippen molar-refractivity contribution in [2.75, 3.05) is 25.4 Å². The highest BCUT2D eigenvalue weighted by atomic mass is 32.2. The standard InChI is InChI=1S/C33H52N2O5S/c1-6-31(4)19-26(32(5)21(2)10-14-33(22(3)29(31)38)15-11-25(36)28(32)33)40-27(37)20-41-23-12-17-35(18-13-23)30(39)24-9-7-8-16-34-24/h6,21-24,26,28-29,34,38H,1,7-20H2,2-5H3/t21?,22-,24?,26+,28?,29?,31+,32-,33?/m0/s1. The van der Waals surface area contributed by atoms with Crippen LogP contribution in [0.2, 0.25) is 0 Å². The van der Waals surface area contributed by atoms with E-state index < -0.39 is 23.0 Å². The first-order valence-electron chi connectivity index (χ1n) is 16.1. The lowest BCUT2D eigenvalue weighted by Crippen LogP contribution is -2.63. The molecule has 5 unspecified atom stereocenters. The van der Waals surface area contributed by atoms with Gasteiger partial charge in [-0.05, 0) is 75.2 Å². The van der Waals surface area contributed by atoms with Crippen LogP contribution in [0, 0.1) is 34.0 Å². The third kappa shape index (κ3) is 5.43. The zero-order valence-electron chi connectivity index (χ0n) is 25.7. The summed E-state index contributed by atoms with van der Waals surface area (Å²) in [4.78, 5) is 41.9. The molecule has 2 heterocycles. The van der Waals surface area contributed by atoms with Gasteiger partial charge in [0.25, 0.3) is 0 Å². The van der Waals surface area contributed by atoms with Crippen molar-refractivity contribution in [3.05, 3.63) is 12.7 Å². The summed E-state index contributed by atoms with van der Waals surface area (Å²) in [5, 5.41) is 15.4. The van der Waals surface area contributed by atoms with Gasteiger partial charge in [0.2, 0.25) is 5.91 Å². The smallest absolute Gasteiger partial charge is 0.316 e. The zero-order valence-corrected chi connectivity index (χ0v) is 26.5. The maximum absolute atomic E-state index is 13.6. The van der Waals surface area contributed by atoms with Crippen molar-refractivity contribution in [1.29, 1.82) is 0 Å². The number of amides is 1. The number of ketones is 1. The number of carbonyl (C=O) groups excluding carboxylic acids is 3. The number of rotatable bonds is 6. The molecule has 41 heavy (non-hydrogen) atoms. The molecular formula is C33H52N2O5S. The van der Waals surface area contributed by atoms with E-state index in [1.165, 1.54) is 0 Å². The highest BCUT2D eigenvalue weighted by Gasteiger charge is 2.68. The van der Waals surface area contributed by atoms with Gasteiger partial charge in [-0.3, -0.25) is 14.4 Å². The van der Waals surface area contributed by atoms with Crippen LogP contribution in [0.25, 0.3) is 0 Å². The first kappa shape index (κ1) is 31.1. The summed E-state index contributed by atoms with van der Waals surface area (Å²) < 4.78 is 6.41. The molecule has 3 aliphatic carbocycles. The average molecular weight is 589 g/mol. The predicted octanol–water partition coefficient (Wildman–Crippen LogP) is 4.76. The van der Waals surface area contributed by atoms with Gasteiger partial charge in [0.05, 0.1) is 17.9 Å². The Morgan fingerprint density at radius 3 is 2.54 bits per heavy atom. The molecule has 3 saturated carbocycles. The zero-order chi connectivity index (χ0) is 29.6. The molecule has 2 N–H and O–H groups in total. The second kappa shape index (κ2) is 12.0. The highest BCUT2D eigenvalue weighted by molar-refractivity contribution is 8.00. The number of piperidine rings is 2. The quantitative estimate of drug-likeness (QED) is 0.341. The molecule has 0 radical (unpaired) electrons. The summed E-state index contributed by atoms with van der Waals surface area (Å²) >= 11 is 1.64. The fourth-order valence-electron chi connectivity index (χ4n) is 9.41. The fraction of sp³-hybridized carbons (Fsp3) is 0.848. The largest absolute Gasteiger partial charge is 0.461 e. The van der Waals surface area contributed by atoms with Gasteiger partial charge in [-0.25, -0.2) is 0 Å². The van der Waals surface area contributed by atoms with Crippen molar-refractivity contribution in [2.24, 2.45) is 34.0 Å². The average Bonchev–Trinajstić information content (AvgIpc) is 3.34. The molecule has 0 spiro atoms. The van der Waals surface area contributed by atoms with Crippen molar-refractivity contribution < 1.29 is 24.2 Å². The normalized spacial score (nSPS) is 43.5. The second-order valence-electron chi connectivity index (χ2n) is 14.4. The number of nitrogens with one attached hydrogen (secondary N) is 1. The van der Waals surface area contributed by atoms with E-state index in [2.05, 4.69) is 32.7 Å². The van der Waals surface area contributed by atoms with E-state index in [1.54, 1.807) is 11.8 Å². The second-order valence-corrected chi connectivity index (χ2v) is 15.7. The molecule has 230 valence electrons. The van der Waals surface area contributed by atoms with Crippen molar-refractivity contribution in [2.45, 2.75) is 115 Å². The number of carbonyl (C=O) groups is 3. The third-order valence-electron chi connectivity index (χ3n) is 12.4. The first-order valence-corrected chi connectivity index (χ1v) is 17.2. The Morgan fingerprint density at radius 2 is 1.88 bits per heavy atom. The van der Waals surface area contributed by atoms with Gasteiger partial charge in [0, 0.05) is 41.5 Å². The minimum Gasteiger partial charge on any atom is -0.461 e.